The van der Waals surface area contributed by atoms with Crippen molar-refractivity contribution in [2.45, 2.75) is 26.1 Å². The van der Waals surface area contributed by atoms with E-state index in [1.165, 1.54) is 0 Å². The van der Waals surface area contributed by atoms with Crippen molar-refractivity contribution in [1.29, 1.82) is 0 Å². The maximum absolute atomic E-state index is 13.1. The number of hydrogen-bond acceptors (Lipinski definition) is 2. The third-order valence-corrected chi connectivity index (χ3v) is 2.13. The summed E-state index contributed by atoms with van der Waals surface area (Å²) >= 11 is 0. The summed E-state index contributed by atoms with van der Waals surface area (Å²) in [6, 6.07) is -1.46. The highest BCUT2D eigenvalue weighted by molar-refractivity contribution is 7.16. The van der Waals surface area contributed by atoms with E-state index < -0.39 is 24.1 Å². The van der Waals surface area contributed by atoms with Gasteiger partial charge in [0.05, 0.1) is 0 Å². The SMILES string of the molecule is CC(C)C(=O)NC(C(=O)O)C(F)CP. The second kappa shape index (κ2) is 5.91. The summed E-state index contributed by atoms with van der Waals surface area (Å²) in [4.78, 5) is 21.7. The van der Waals surface area contributed by atoms with Gasteiger partial charge in [-0.15, -0.1) is 9.24 Å². The zero-order valence-corrected chi connectivity index (χ0v) is 9.31. The van der Waals surface area contributed by atoms with Gasteiger partial charge in [-0.1, -0.05) is 13.8 Å². The summed E-state index contributed by atoms with van der Waals surface area (Å²) in [5.41, 5.74) is 0. The normalized spacial score (nSPS) is 14.9. The lowest BCUT2D eigenvalue weighted by Gasteiger charge is -2.18. The smallest absolute Gasteiger partial charge is 0.329 e. The molecule has 0 bridgehead atoms. The van der Waals surface area contributed by atoms with Gasteiger partial charge in [-0.2, -0.15) is 0 Å². The van der Waals surface area contributed by atoms with Gasteiger partial charge >= 0.3 is 5.97 Å². The van der Waals surface area contributed by atoms with Crippen molar-refractivity contribution in [3.8, 4) is 0 Å². The van der Waals surface area contributed by atoms with Crippen LogP contribution in [0.25, 0.3) is 0 Å². The van der Waals surface area contributed by atoms with E-state index in [2.05, 4.69) is 14.6 Å². The van der Waals surface area contributed by atoms with Crippen molar-refractivity contribution in [2.75, 3.05) is 6.16 Å². The van der Waals surface area contributed by atoms with Crippen LogP contribution < -0.4 is 5.32 Å². The number of carboxylic acid groups (broad SMARTS) is 1. The third-order valence-electron chi connectivity index (χ3n) is 1.68. The molecule has 82 valence electrons. The Morgan fingerprint density at radius 2 is 2.00 bits per heavy atom. The molecule has 3 atom stereocenters. The molecule has 0 spiro atoms. The first-order chi connectivity index (χ1) is 6.40. The summed E-state index contributed by atoms with van der Waals surface area (Å²) in [6.45, 7) is 3.23. The van der Waals surface area contributed by atoms with Crippen LogP contribution in [0.3, 0.4) is 0 Å². The van der Waals surface area contributed by atoms with Crippen LogP contribution in [0.1, 0.15) is 13.8 Å². The van der Waals surface area contributed by atoms with Crippen LogP contribution in [-0.2, 0) is 9.59 Å². The molecule has 1 amide bonds. The summed E-state index contributed by atoms with van der Waals surface area (Å²) in [7, 11) is 2.10. The Labute approximate surface area is 84.5 Å². The van der Waals surface area contributed by atoms with Gasteiger partial charge in [0.1, 0.15) is 6.17 Å². The highest BCUT2D eigenvalue weighted by atomic mass is 31.0. The van der Waals surface area contributed by atoms with Crippen LogP contribution in [0.5, 0.6) is 0 Å². The van der Waals surface area contributed by atoms with Gasteiger partial charge in [0, 0.05) is 5.92 Å². The van der Waals surface area contributed by atoms with E-state index in [1.807, 2.05) is 0 Å². The molecule has 0 aromatic rings. The van der Waals surface area contributed by atoms with Crippen molar-refractivity contribution < 1.29 is 19.1 Å². The molecule has 0 saturated carbocycles. The molecule has 4 nitrogen and oxygen atoms in total. The Balaban J connectivity index is 4.38. The molecule has 2 N–H and O–H groups in total. The molecule has 0 radical (unpaired) electrons. The molecule has 0 aliphatic rings. The lowest BCUT2D eigenvalue weighted by Crippen LogP contribution is -2.49. The molecule has 0 aliphatic heterocycles. The number of carbonyl (C=O) groups excluding carboxylic acids is 1. The number of halogens is 1. The third kappa shape index (κ3) is 4.01. The fourth-order valence-electron chi connectivity index (χ4n) is 0.763. The van der Waals surface area contributed by atoms with Gasteiger partial charge in [0.25, 0.3) is 0 Å². The van der Waals surface area contributed by atoms with Crippen LogP contribution in [-0.4, -0.2) is 35.4 Å². The number of carboxylic acids is 1. The van der Waals surface area contributed by atoms with Crippen LogP contribution >= 0.6 is 9.24 Å². The molecular formula is C8H15FNO3P. The molecular weight excluding hydrogens is 208 g/mol. The fourth-order valence-corrected chi connectivity index (χ4v) is 1.04. The van der Waals surface area contributed by atoms with Crippen molar-refractivity contribution in [3.63, 3.8) is 0 Å². The van der Waals surface area contributed by atoms with Gasteiger partial charge in [0.2, 0.25) is 5.91 Å². The van der Waals surface area contributed by atoms with Gasteiger partial charge in [-0.25, -0.2) is 9.18 Å². The summed E-state index contributed by atoms with van der Waals surface area (Å²) < 4.78 is 13.1. The quantitative estimate of drug-likeness (QED) is 0.664. The highest BCUT2D eigenvalue weighted by Gasteiger charge is 2.28. The first-order valence-electron chi connectivity index (χ1n) is 4.27. The second-order valence-corrected chi connectivity index (χ2v) is 3.70. The predicted octanol–water partition coefficient (Wildman–Crippen LogP) is 0.425. The molecule has 0 aliphatic carbocycles. The highest BCUT2D eigenvalue weighted by Crippen LogP contribution is 2.05. The van der Waals surface area contributed by atoms with Crippen LogP contribution in [0.15, 0.2) is 0 Å². The summed E-state index contributed by atoms with van der Waals surface area (Å²) in [5.74, 6) is -2.17. The lowest BCUT2D eigenvalue weighted by atomic mass is 10.1. The monoisotopic (exact) mass is 223 g/mol. The zero-order chi connectivity index (χ0) is 11.3. The number of hydrogen-bond donors (Lipinski definition) is 2. The molecule has 6 heteroatoms. The number of alkyl halides is 1. The number of carbonyl (C=O) groups is 2. The first kappa shape index (κ1) is 13.3. The van der Waals surface area contributed by atoms with Gasteiger partial charge < -0.3 is 10.4 Å². The maximum Gasteiger partial charge on any atom is 0.329 e. The molecule has 3 unspecified atom stereocenters. The van der Waals surface area contributed by atoms with Gasteiger partial charge in [0.15, 0.2) is 6.04 Å². The van der Waals surface area contributed by atoms with Gasteiger partial charge in [-0.05, 0) is 6.16 Å². The molecule has 0 aromatic heterocycles. The topological polar surface area (TPSA) is 66.4 Å². The summed E-state index contributed by atoms with van der Waals surface area (Å²) in [5, 5.41) is 10.8. The van der Waals surface area contributed by atoms with E-state index in [9.17, 15) is 14.0 Å². The molecule has 0 fully saturated rings. The molecule has 0 heterocycles. The minimum atomic E-state index is -1.58. The van der Waals surface area contributed by atoms with E-state index in [4.69, 9.17) is 5.11 Å². The van der Waals surface area contributed by atoms with E-state index >= 15 is 0 Å². The van der Waals surface area contributed by atoms with Crippen molar-refractivity contribution in [1.82, 2.24) is 5.32 Å². The van der Waals surface area contributed by atoms with Crippen LogP contribution in [0.2, 0.25) is 0 Å². The minimum absolute atomic E-state index is 0.0185. The van der Waals surface area contributed by atoms with Gasteiger partial charge in [-0.3, -0.25) is 4.79 Å². The Kier molecular flexibility index (Phi) is 5.62. The summed E-state index contributed by atoms with van der Waals surface area (Å²) in [6.07, 6.45) is -1.60. The molecule has 0 rings (SSSR count). The van der Waals surface area contributed by atoms with E-state index in [1.54, 1.807) is 13.8 Å². The van der Waals surface area contributed by atoms with Crippen LogP contribution in [0, 0.1) is 5.92 Å². The Hall–Kier alpha value is -0.700. The predicted molar refractivity (Wildman–Crippen MR) is 53.9 cm³/mol. The van der Waals surface area contributed by atoms with E-state index in [0.717, 1.165) is 0 Å². The Bertz CT molecular complexity index is 223. The van der Waals surface area contributed by atoms with E-state index in [-0.39, 0.29) is 12.1 Å². The largest absolute Gasteiger partial charge is 0.480 e. The minimum Gasteiger partial charge on any atom is -0.480 e. The standard InChI is InChI=1S/C8H15FNO3P/c1-4(2)7(11)10-6(8(12)13)5(9)3-14/h4-6H,3,14H2,1-2H3,(H,10,11)(H,12,13). The van der Waals surface area contributed by atoms with Crippen molar-refractivity contribution >= 4 is 21.1 Å². The zero-order valence-electron chi connectivity index (χ0n) is 8.16. The number of aliphatic carboxylic acids is 1. The Morgan fingerprint density at radius 1 is 1.50 bits per heavy atom. The average Bonchev–Trinajstić information content (AvgIpc) is 2.11. The number of rotatable bonds is 5. The number of amides is 1. The van der Waals surface area contributed by atoms with E-state index in [0.29, 0.717) is 0 Å². The average molecular weight is 223 g/mol. The number of nitrogens with one attached hydrogen (secondary N) is 1. The first-order valence-corrected chi connectivity index (χ1v) is 5.09. The maximum atomic E-state index is 13.1. The van der Waals surface area contributed by atoms with Crippen LogP contribution in [0.4, 0.5) is 4.39 Å². The van der Waals surface area contributed by atoms with Crippen molar-refractivity contribution in [2.24, 2.45) is 5.92 Å². The Morgan fingerprint density at radius 3 is 2.29 bits per heavy atom. The lowest BCUT2D eigenvalue weighted by molar-refractivity contribution is -0.144. The fraction of sp³-hybridized carbons (Fsp3) is 0.750. The van der Waals surface area contributed by atoms with Crippen molar-refractivity contribution in [3.05, 3.63) is 0 Å². The molecule has 14 heavy (non-hydrogen) atoms. The second-order valence-electron chi connectivity index (χ2n) is 3.23. The molecule has 0 aromatic carbocycles. The molecule has 0 saturated heterocycles.